The summed E-state index contributed by atoms with van der Waals surface area (Å²) >= 11 is 0. The van der Waals surface area contributed by atoms with Crippen LogP contribution in [0, 0.1) is 0 Å². The van der Waals surface area contributed by atoms with E-state index in [0.29, 0.717) is 23.4 Å². The zero-order valence-corrected chi connectivity index (χ0v) is 18.4. The zero-order chi connectivity index (χ0) is 24.8. The van der Waals surface area contributed by atoms with Gasteiger partial charge in [-0.05, 0) is 54.1 Å². The molecule has 0 bridgehead atoms. The average Bonchev–Trinajstić information content (AvgIpc) is 2.79. The van der Waals surface area contributed by atoms with Gasteiger partial charge in [-0.1, -0.05) is 12.1 Å². The SMILES string of the molecule is COc1cccc(CC(=O)N/N=C/c2ncccc2OS(=O)(=O)c2ccc(C(F)(F)F)cc2)c1. The van der Waals surface area contributed by atoms with Crippen LogP contribution in [0.4, 0.5) is 13.2 Å². The van der Waals surface area contributed by atoms with Crippen LogP contribution in [-0.2, 0) is 27.5 Å². The van der Waals surface area contributed by atoms with E-state index in [9.17, 15) is 26.4 Å². The number of amides is 1. The molecule has 1 aromatic heterocycles. The largest absolute Gasteiger partial charge is 0.497 e. The molecule has 2 aromatic carbocycles. The van der Waals surface area contributed by atoms with Gasteiger partial charge in [-0.2, -0.15) is 26.7 Å². The fourth-order valence-corrected chi connectivity index (χ4v) is 3.66. The molecule has 12 heteroatoms. The second-order valence-corrected chi connectivity index (χ2v) is 8.31. The van der Waals surface area contributed by atoms with Gasteiger partial charge < -0.3 is 8.92 Å². The summed E-state index contributed by atoms with van der Waals surface area (Å²) < 4.78 is 73.3. The third-order valence-corrected chi connectivity index (χ3v) is 5.59. The number of nitrogens with zero attached hydrogens (tertiary/aromatic N) is 2. The van der Waals surface area contributed by atoms with Crippen LogP contribution in [0.5, 0.6) is 11.5 Å². The van der Waals surface area contributed by atoms with Gasteiger partial charge in [0, 0.05) is 6.20 Å². The van der Waals surface area contributed by atoms with Crippen molar-refractivity contribution in [3.05, 3.63) is 83.7 Å². The number of carbonyl (C=O) groups excluding carboxylic acids is 1. The lowest BCUT2D eigenvalue weighted by Crippen LogP contribution is -2.20. The molecule has 8 nitrogen and oxygen atoms in total. The van der Waals surface area contributed by atoms with Crippen LogP contribution in [0.15, 0.2) is 76.9 Å². The van der Waals surface area contributed by atoms with E-state index in [1.807, 2.05) is 0 Å². The van der Waals surface area contributed by atoms with Gasteiger partial charge in [-0.15, -0.1) is 0 Å². The second kappa shape index (κ2) is 10.3. The Hall–Kier alpha value is -3.93. The fraction of sp³-hybridized carbons (Fsp3) is 0.136. The molecular formula is C22H18F3N3O5S. The summed E-state index contributed by atoms with van der Waals surface area (Å²) in [4.78, 5) is 15.6. The molecule has 178 valence electrons. The molecule has 0 saturated carbocycles. The molecule has 0 aliphatic heterocycles. The van der Waals surface area contributed by atoms with Gasteiger partial charge in [0.05, 0.1) is 25.3 Å². The standard InChI is InChI=1S/C22H18F3N3O5S/c1-32-17-5-2-4-15(12-17)13-21(29)28-27-14-19-20(6-3-11-26-19)33-34(30,31)18-9-7-16(8-10-18)22(23,24)25/h2-12,14H,13H2,1H3,(H,28,29)/b27-14+. The molecule has 0 spiro atoms. The van der Waals surface area contributed by atoms with Crippen molar-refractivity contribution in [2.24, 2.45) is 5.10 Å². The highest BCUT2D eigenvalue weighted by Gasteiger charge is 2.31. The van der Waals surface area contributed by atoms with Crippen molar-refractivity contribution in [3.63, 3.8) is 0 Å². The number of rotatable bonds is 8. The van der Waals surface area contributed by atoms with Crippen molar-refractivity contribution in [3.8, 4) is 11.5 Å². The number of hydrazone groups is 1. The lowest BCUT2D eigenvalue weighted by atomic mass is 10.1. The first kappa shape index (κ1) is 24.7. The predicted molar refractivity (Wildman–Crippen MR) is 116 cm³/mol. The highest BCUT2D eigenvalue weighted by Crippen LogP contribution is 2.30. The second-order valence-electron chi connectivity index (χ2n) is 6.77. The molecule has 1 amide bonds. The number of ether oxygens (including phenoxy) is 1. The highest BCUT2D eigenvalue weighted by atomic mass is 32.2. The molecule has 0 atom stereocenters. The Morgan fingerprint density at radius 2 is 1.85 bits per heavy atom. The Bertz CT molecular complexity index is 1290. The monoisotopic (exact) mass is 493 g/mol. The molecule has 0 aliphatic carbocycles. The Balaban J connectivity index is 1.69. The van der Waals surface area contributed by atoms with E-state index in [2.05, 4.69) is 15.5 Å². The number of pyridine rings is 1. The predicted octanol–water partition coefficient (Wildman–Crippen LogP) is 3.57. The number of methoxy groups -OCH3 is 1. The molecule has 0 fully saturated rings. The maximum absolute atomic E-state index is 12.7. The van der Waals surface area contributed by atoms with E-state index in [4.69, 9.17) is 8.92 Å². The summed E-state index contributed by atoms with van der Waals surface area (Å²) in [6.45, 7) is 0. The minimum Gasteiger partial charge on any atom is -0.497 e. The molecule has 3 rings (SSSR count). The van der Waals surface area contributed by atoms with Crippen LogP contribution < -0.4 is 14.3 Å². The lowest BCUT2D eigenvalue weighted by molar-refractivity contribution is -0.137. The van der Waals surface area contributed by atoms with Crippen LogP contribution in [-0.4, -0.2) is 32.6 Å². The van der Waals surface area contributed by atoms with Gasteiger partial charge in [-0.3, -0.25) is 9.78 Å². The van der Waals surface area contributed by atoms with Crippen molar-refractivity contribution < 1.29 is 35.3 Å². The van der Waals surface area contributed by atoms with Crippen molar-refractivity contribution in [2.75, 3.05) is 7.11 Å². The highest BCUT2D eigenvalue weighted by molar-refractivity contribution is 7.87. The molecule has 1 N–H and O–H groups in total. The van der Waals surface area contributed by atoms with E-state index < -0.39 is 32.7 Å². The fourth-order valence-electron chi connectivity index (χ4n) is 2.72. The number of carbonyl (C=O) groups is 1. The quantitative estimate of drug-likeness (QED) is 0.292. The molecule has 0 aliphatic rings. The number of alkyl halides is 3. The average molecular weight is 493 g/mol. The minimum atomic E-state index is -4.60. The van der Waals surface area contributed by atoms with Crippen molar-refractivity contribution >= 4 is 22.2 Å². The number of halogens is 3. The van der Waals surface area contributed by atoms with Crippen LogP contribution in [0.25, 0.3) is 0 Å². The maximum atomic E-state index is 12.7. The number of nitrogens with one attached hydrogen (secondary N) is 1. The Kier molecular flexibility index (Phi) is 7.51. The van der Waals surface area contributed by atoms with Gasteiger partial charge in [0.1, 0.15) is 16.3 Å². The van der Waals surface area contributed by atoms with Gasteiger partial charge in [0.15, 0.2) is 5.75 Å². The van der Waals surface area contributed by atoms with E-state index >= 15 is 0 Å². The van der Waals surface area contributed by atoms with E-state index in [0.717, 1.165) is 18.3 Å². The van der Waals surface area contributed by atoms with Gasteiger partial charge >= 0.3 is 16.3 Å². The van der Waals surface area contributed by atoms with Gasteiger partial charge in [0.25, 0.3) is 0 Å². The Labute approximate surface area is 193 Å². The summed E-state index contributed by atoms with van der Waals surface area (Å²) in [5, 5.41) is 3.76. The lowest BCUT2D eigenvalue weighted by Gasteiger charge is -2.10. The van der Waals surface area contributed by atoms with E-state index in [-0.39, 0.29) is 17.9 Å². The number of hydrogen-bond acceptors (Lipinski definition) is 7. The zero-order valence-electron chi connectivity index (χ0n) is 17.6. The molecule has 0 radical (unpaired) electrons. The smallest absolute Gasteiger partial charge is 0.416 e. The summed E-state index contributed by atoms with van der Waals surface area (Å²) in [5.74, 6) is -0.0770. The molecule has 0 saturated heterocycles. The molecule has 34 heavy (non-hydrogen) atoms. The summed E-state index contributed by atoms with van der Waals surface area (Å²) in [7, 11) is -2.95. The van der Waals surface area contributed by atoms with E-state index in [1.54, 1.807) is 24.3 Å². The van der Waals surface area contributed by atoms with Gasteiger partial charge in [0.2, 0.25) is 5.91 Å². The Morgan fingerprint density at radius 3 is 2.53 bits per heavy atom. The molecule has 0 unspecified atom stereocenters. The van der Waals surface area contributed by atoms with Crippen molar-refractivity contribution in [1.82, 2.24) is 10.4 Å². The molecule has 1 heterocycles. The molecular weight excluding hydrogens is 475 g/mol. The van der Waals surface area contributed by atoms with Crippen LogP contribution in [0.3, 0.4) is 0 Å². The molecule has 3 aromatic rings. The summed E-state index contributed by atoms with van der Waals surface area (Å²) in [6.07, 6.45) is -2.16. The maximum Gasteiger partial charge on any atom is 0.416 e. The van der Waals surface area contributed by atoms with Crippen LogP contribution in [0.1, 0.15) is 16.8 Å². The third-order valence-electron chi connectivity index (χ3n) is 4.34. The van der Waals surface area contributed by atoms with E-state index in [1.165, 1.54) is 25.4 Å². The minimum absolute atomic E-state index is 0.0163. The van der Waals surface area contributed by atoms with Crippen LogP contribution >= 0.6 is 0 Å². The number of hydrogen-bond donors (Lipinski definition) is 1. The first-order valence-corrected chi connectivity index (χ1v) is 11.0. The first-order valence-electron chi connectivity index (χ1n) is 9.60. The number of aromatic nitrogens is 1. The summed E-state index contributed by atoms with van der Waals surface area (Å²) in [5.41, 5.74) is 1.97. The Morgan fingerprint density at radius 1 is 1.12 bits per heavy atom. The van der Waals surface area contributed by atoms with Crippen molar-refractivity contribution in [2.45, 2.75) is 17.5 Å². The third kappa shape index (κ3) is 6.54. The normalized spacial score (nSPS) is 11.9. The summed E-state index contributed by atoms with van der Waals surface area (Å²) in [6, 6.07) is 12.5. The van der Waals surface area contributed by atoms with Gasteiger partial charge in [-0.25, -0.2) is 5.43 Å². The van der Waals surface area contributed by atoms with Crippen LogP contribution in [0.2, 0.25) is 0 Å². The topological polar surface area (TPSA) is 107 Å². The van der Waals surface area contributed by atoms with Crippen molar-refractivity contribution in [1.29, 1.82) is 0 Å². The first-order chi connectivity index (χ1) is 16.1. The number of benzene rings is 2.